The topological polar surface area (TPSA) is 43.4 Å². The van der Waals surface area contributed by atoms with Gasteiger partial charge in [0.15, 0.2) is 12.4 Å². The number of rotatable bonds is 5. The minimum Gasteiger partial charge on any atom is -0.485 e. The van der Waals surface area contributed by atoms with Crippen molar-refractivity contribution in [1.29, 1.82) is 0 Å². The molecule has 0 aromatic heterocycles. The van der Waals surface area contributed by atoms with Gasteiger partial charge in [-0.15, -0.1) is 0 Å². The Balaban J connectivity index is 1.72. The van der Waals surface area contributed by atoms with Gasteiger partial charge in [0.05, 0.1) is 0 Å². The van der Waals surface area contributed by atoms with Crippen LogP contribution in [-0.2, 0) is 10.8 Å². The number of ketones is 2. The summed E-state index contributed by atoms with van der Waals surface area (Å²) in [6.45, 7) is 8.53. The van der Waals surface area contributed by atoms with Gasteiger partial charge in [-0.2, -0.15) is 13.2 Å². The number of Topliss-reactive ketones (excluding diaryl/α,β-unsaturated/α-hetero) is 2. The molecule has 0 heterocycles. The monoisotopic (exact) mass is 418 g/mol. The molecule has 0 saturated heterocycles. The maximum atomic E-state index is 12.7. The van der Waals surface area contributed by atoms with Crippen molar-refractivity contribution in [3.8, 4) is 5.75 Å². The Morgan fingerprint density at radius 3 is 1.97 bits per heavy atom. The minimum absolute atomic E-state index is 0.0249. The van der Waals surface area contributed by atoms with E-state index in [-0.39, 0.29) is 29.0 Å². The second-order valence-corrected chi connectivity index (χ2v) is 9.09. The summed E-state index contributed by atoms with van der Waals surface area (Å²) >= 11 is 0. The van der Waals surface area contributed by atoms with Crippen LogP contribution in [0.3, 0.4) is 0 Å². The lowest BCUT2D eigenvalue weighted by molar-refractivity contribution is -0.0885. The molecular weight excluding hydrogens is 393 g/mol. The maximum Gasteiger partial charge on any atom is 0.454 e. The van der Waals surface area contributed by atoms with E-state index >= 15 is 0 Å². The number of halogens is 3. The van der Waals surface area contributed by atoms with E-state index in [1.165, 1.54) is 23.3 Å². The van der Waals surface area contributed by atoms with Crippen molar-refractivity contribution >= 4 is 11.6 Å². The molecule has 0 bridgehead atoms. The molecule has 1 aliphatic rings. The number of carbonyl (C=O) groups is 2. The molecule has 0 atom stereocenters. The van der Waals surface area contributed by atoms with Gasteiger partial charge in [0.1, 0.15) is 5.75 Å². The summed E-state index contributed by atoms with van der Waals surface area (Å²) < 4.78 is 42.9. The zero-order valence-corrected chi connectivity index (χ0v) is 17.5. The second kappa shape index (κ2) is 7.56. The summed E-state index contributed by atoms with van der Waals surface area (Å²) in [6.07, 6.45) is -2.81. The molecule has 6 heteroatoms. The summed E-state index contributed by atoms with van der Waals surface area (Å²) in [5.41, 5.74) is 2.52. The third-order valence-corrected chi connectivity index (χ3v) is 5.92. The minimum atomic E-state index is -4.92. The van der Waals surface area contributed by atoms with E-state index in [1.807, 2.05) is 12.1 Å². The molecular formula is C24H25F3O3. The number of ether oxygens (including phenoxy) is 1. The lowest BCUT2D eigenvalue weighted by Gasteiger charge is -2.42. The molecule has 0 spiro atoms. The Kier molecular flexibility index (Phi) is 5.56. The van der Waals surface area contributed by atoms with Crippen LogP contribution in [0, 0.1) is 0 Å². The van der Waals surface area contributed by atoms with Gasteiger partial charge >= 0.3 is 6.18 Å². The van der Waals surface area contributed by atoms with Crippen molar-refractivity contribution in [2.75, 3.05) is 6.61 Å². The van der Waals surface area contributed by atoms with Gasteiger partial charge in [-0.05, 0) is 65.1 Å². The molecule has 1 aliphatic carbocycles. The highest BCUT2D eigenvalue weighted by Gasteiger charge is 2.39. The predicted molar refractivity (Wildman–Crippen MR) is 108 cm³/mol. The number of benzene rings is 2. The van der Waals surface area contributed by atoms with Crippen LogP contribution in [0.25, 0.3) is 0 Å². The van der Waals surface area contributed by atoms with Crippen LogP contribution in [-0.4, -0.2) is 24.3 Å². The van der Waals surface area contributed by atoms with E-state index in [2.05, 4.69) is 27.7 Å². The van der Waals surface area contributed by atoms with Crippen LogP contribution in [0.2, 0.25) is 0 Å². The van der Waals surface area contributed by atoms with Gasteiger partial charge in [0.2, 0.25) is 0 Å². The fraction of sp³-hybridized carbons (Fsp3) is 0.417. The number of alkyl halides is 3. The zero-order valence-electron chi connectivity index (χ0n) is 17.5. The predicted octanol–water partition coefficient (Wildman–Crippen LogP) is 6.04. The Morgan fingerprint density at radius 2 is 1.40 bits per heavy atom. The van der Waals surface area contributed by atoms with Crippen molar-refractivity contribution in [2.45, 2.75) is 57.5 Å². The summed E-state index contributed by atoms with van der Waals surface area (Å²) in [7, 11) is 0. The SMILES string of the molecule is CC1(C)CCC(C)(C)c2cc(C(=O)COc3ccc(C(=O)C(F)(F)F)cc3)ccc21. The molecule has 0 amide bonds. The standard InChI is InChI=1S/C24H25F3O3/c1-22(2)11-12-23(3,4)19-13-16(7-10-18(19)22)20(28)14-30-17-8-5-15(6-9-17)21(29)24(25,26)27/h5-10,13H,11-12,14H2,1-4H3. The maximum absolute atomic E-state index is 12.7. The van der Waals surface area contributed by atoms with Gasteiger partial charge in [0.25, 0.3) is 5.78 Å². The van der Waals surface area contributed by atoms with Gasteiger partial charge in [-0.25, -0.2) is 0 Å². The van der Waals surface area contributed by atoms with Crippen molar-refractivity contribution in [3.63, 3.8) is 0 Å². The number of carbonyl (C=O) groups excluding carboxylic acids is 2. The fourth-order valence-corrected chi connectivity index (χ4v) is 3.86. The van der Waals surface area contributed by atoms with Crippen LogP contribution in [0.1, 0.15) is 72.4 Å². The highest BCUT2D eigenvalue weighted by atomic mass is 19.4. The van der Waals surface area contributed by atoms with Crippen LogP contribution in [0.4, 0.5) is 13.2 Å². The van der Waals surface area contributed by atoms with Gasteiger partial charge in [0, 0.05) is 11.1 Å². The molecule has 3 nitrogen and oxygen atoms in total. The Bertz CT molecular complexity index is 970. The third kappa shape index (κ3) is 4.42. The van der Waals surface area contributed by atoms with Crippen LogP contribution in [0.15, 0.2) is 42.5 Å². The molecule has 30 heavy (non-hydrogen) atoms. The van der Waals surface area contributed by atoms with E-state index in [0.717, 1.165) is 25.0 Å². The van der Waals surface area contributed by atoms with Crippen molar-refractivity contribution in [2.24, 2.45) is 0 Å². The summed E-state index contributed by atoms with van der Waals surface area (Å²) in [5.74, 6) is -1.90. The average molecular weight is 418 g/mol. The van der Waals surface area contributed by atoms with E-state index in [4.69, 9.17) is 4.74 Å². The number of hydrogen-bond donors (Lipinski definition) is 0. The normalized spacial score (nSPS) is 17.2. The molecule has 2 aromatic carbocycles. The number of hydrogen-bond acceptors (Lipinski definition) is 3. The zero-order chi connectivity index (χ0) is 22.3. The van der Waals surface area contributed by atoms with Gasteiger partial charge < -0.3 is 4.74 Å². The molecule has 0 aliphatic heterocycles. The molecule has 2 aromatic rings. The average Bonchev–Trinajstić information content (AvgIpc) is 2.68. The molecule has 0 radical (unpaired) electrons. The van der Waals surface area contributed by atoms with Crippen LogP contribution < -0.4 is 4.74 Å². The molecule has 0 unspecified atom stereocenters. The Hall–Kier alpha value is -2.63. The molecule has 0 N–H and O–H groups in total. The van der Waals surface area contributed by atoms with Crippen molar-refractivity contribution in [3.05, 3.63) is 64.7 Å². The smallest absolute Gasteiger partial charge is 0.454 e. The number of fused-ring (bicyclic) bond motifs is 1. The first-order valence-electron chi connectivity index (χ1n) is 9.84. The first-order valence-corrected chi connectivity index (χ1v) is 9.84. The van der Waals surface area contributed by atoms with Gasteiger partial charge in [-0.3, -0.25) is 9.59 Å². The summed E-state index contributed by atoms with van der Waals surface area (Å²) in [6, 6.07) is 10.3. The first-order chi connectivity index (χ1) is 13.8. The highest BCUT2D eigenvalue weighted by molar-refractivity contribution is 6.00. The largest absolute Gasteiger partial charge is 0.485 e. The fourth-order valence-electron chi connectivity index (χ4n) is 3.86. The summed E-state index contributed by atoms with van der Waals surface area (Å²) in [5, 5.41) is 0. The van der Waals surface area contributed by atoms with E-state index < -0.39 is 17.5 Å². The third-order valence-electron chi connectivity index (χ3n) is 5.92. The Morgan fingerprint density at radius 1 is 0.867 bits per heavy atom. The van der Waals surface area contributed by atoms with E-state index in [1.54, 1.807) is 6.07 Å². The second-order valence-electron chi connectivity index (χ2n) is 9.09. The van der Waals surface area contributed by atoms with Gasteiger partial charge in [-0.1, -0.05) is 39.8 Å². The summed E-state index contributed by atoms with van der Waals surface area (Å²) in [4.78, 5) is 23.9. The van der Waals surface area contributed by atoms with Crippen LogP contribution >= 0.6 is 0 Å². The lowest BCUT2D eigenvalue weighted by atomic mass is 9.63. The first kappa shape index (κ1) is 22.1. The highest BCUT2D eigenvalue weighted by Crippen LogP contribution is 2.45. The van der Waals surface area contributed by atoms with E-state index in [0.29, 0.717) is 5.56 Å². The Labute approximate surface area is 174 Å². The molecule has 0 fully saturated rings. The van der Waals surface area contributed by atoms with E-state index in [9.17, 15) is 22.8 Å². The quantitative estimate of drug-likeness (QED) is 0.556. The van der Waals surface area contributed by atoms with Crippen LogP contribution in [0.5, 0.6) is 5.75 Å². The molecule has 3 rings (SSSR count). The molecule has 0 saturated carbocycles. The lowest BCUT2D eigenvalue weighted by Crippen LogP contribution is -2.34. The van der Waals surface area contributed by atoms with Crippen molar-refractivity contribution < 1.29 is 27.5 Å². The molecule has 160 valence electrons. The van der Waals surface area contributed by atoms with Crippen molar-refractivity contribution in [1.82, 2.24) is 0 Å².